The number of piperidine rings is 1. The average molecular weight is 214 g/mol. The molecule has 2 saturated heterocycles. The fraction of sp³-hybridized carbons (Fsp3) is 0.818. The summed E-state index contributed by atoms with van der Waals surface area (Å²) >= 11 is 0. The third-order valence-electron chi connectivity index (χ3n) is 3.11. The van der Waals surface area contributed by atoms with Gasteiger partial charge in [-0.1, -0.05) is 0 Å². The van der Waals surface area contributed by atoms with Crippen molar-refractivity contribution in [1.29, 1.82) is 0 Å². The number of hydrogen-bond acceptors (Lipinski definition) is 3. The van der Waals surface area contributed by atoms with Gasteiger partial charge in [0.05, 0.1) is 13.2 Å². The Hall–Kier alpha value is -0.770. The van der Waals surface area contributed by atoms with E-state index in [-0.39, 0.29) is 0 Å². The van der Waals surface area contributed by atoms with Crippen molar-refractivity contribution < 1.29 is 9.13 Å². The van der Waals surface area contributed by atoms with Crippen LogP contribution in [0.15, 0.2) is 12.2 Å². The van der Waals surface area contributed by atoms with Gasteiger partial charge in [0.15, 0.2) is 0 Å². The number of ether oxygens (including phenoxy) is 1. The lowest BCUT2D eigenvalue weighted by Crippen LogP contribution is -2.43. The van der Waals surface area contributed by atoms with E-state index < -0.39 is 0 Å². The highest BCUT2D eigenvalue weighted by Crippen LogP contribution is 2.18. The molecule has 0 aliphatic carbocycles. The van der Waals surface area contributed by atoms with E-state index in [9.17, 15) is 4.39 Å². The largest absolute Gasteiger partial charge is 0.378 e. The van der Waals surface area contributed by atoms with Crippen LogP contribution < -0.4 is 0 Å². The summed E-state index contributed by atoms with van der Waals surface area (Å²) in [5.74, 6) is 0.762. The predicted octanol–water partition coefficient (Wildman–Crippen LogP) is 1.57. The first-order valence-corrected chi connectivity index (χ1v) is 5.80. The second-order valence-corrected chi connectivity index (χ2v) is 4.11. The van der Waals surface area contributed by atoms with E-state index in [0.29, 0.717) is 13.2 Å². The topological polar surface area (TPSA) is 15.7 Å². The van der Waals surface area contributed by atoms with Crippen molar-refractivity contribution in [2.45, 2.75) is 19.3 Å². The molecule has 0 saturated carbocycles. The molecule has 86 valence electrons. The molecule has 0 aromatic heterocycles. The molecule has 0 aromatic carbocycles. The van der Waals surface area contributed by atoms with Crippen molar-refractivity contribution in [2.75, 3.05) is 39.4 Å². The lowest BCUT2D eigenvalue weighted by molar-refractivity contribution is 0.0341. The third-order valence-corrected chi connectivity index (χ3v) is 3.11. The zero-order valence-corrected chi connectivity index (χ0v) is 9.12. The summed E-state index contributed by atoms with van der Waals surface area (Å²) in [6, 6.07) is 0. The average Bonchev–Trinajstić information content (AvgIpc) is 2.33. The predicted molar refractivity (Wildman–Crippen MR) is 57.0 cm³/mol. The summed E-state index contributed by atoms with van der Waals surface area (Å²) < 4.78 is 18.2. The summed E-state index contributed by atoms with van der Waals surface area (Å²) in [6.45, 7) is 5.04. The van der Waals surface area contributed by atoms with E-state index in [4.69, 9.17) is 4.74 Å². The summed E-state index contributed by atoms with van der Waals surface area (Å²) in [4.78, 5) is 4.25. The van der Waals surface area contributed by atoms with Crippen LogP contribution in [0.3, 0.4) is 0 Å². The van der Waals surface area contributed by atoms with Gasteiger partial charge in [0.25, 0.3) is 0 Å². The first-order valence-electron chi connectivity index (χ1n) is 5.80. The van der Waals surface area contributed by atoms with Gasteiger partial charge >= 0.3 is 0 Å². The highest BCUT2D eigenvalue weighted by atomic mass is 19.1. The molecule has 0 bridgehead atoms. The monoisotopic (exact) mass is 214 g/mol. The number of morpholine rings is 1. The molecular formula is C11H19FN2O. The number of halogens is 1. The zero-order chi connectivity index (χ0) is 10.5. The second-order valence-electron chi connectivity index (χ2n) is 4.11. The summed E-state index contributed by atoms with van der Waals surface area (Å²) in [6.07, 6.45) is 4.40. The molecule has 2 aliphatic heterocycles. The number of nitrogens with zero attached hydrogens (tertiary/aromatic N) is 2. The van der Waals surface area contributed by atoms with Crippen molar-refractivity contribution in [3.8, 4) is 0 Å². The Morgan fingerprint density at radius 1 is 0.933 bits per heavy atom. The highest BCUT2D eigenvalue weighted by molar-refractivity contribution is 4.98. The molecule has 4 heteroatoms. The summed E-state index contributed by atoms with van der Waals surface area (Å²) in [5.41, 5.74) is 0. The first-order chi connectivity index (χ1) is 7.42. The van der Waals surface area contributed by atoms with Crippen molar-refractivity contribution in [2.24, 2.45) is 0 Å². The number of rotatable bonds is 2. The smallest absolute Gasteiger partial charge is 0.133 e. The standard InChI is InChI=1S/C11H19FN2O/c12-10-11(13-4-2-1-3-5-13)14-6-8-15-9-7-14/h10H,1-9H2/b11-10+. The van der Waals surface area contributed by atoms with Crippen LogP contribution in [0.1, 0.15) is 19.3 Å². The van der Waals surface area contributed by atoms with E-state index in [1.165, 1.54) is 19.3 Å². The maximum absolute atomic E-state index is 12.9. The van der Waals surface area contributed by atoms with Crippen LogP contribution in [0.4, 0.5) is 4.39 Å². The molecule has 2 heterocycles. The summed E-state index contributed by atoms with van der Waals surface area (Å²) in [7, 11) is 0. The van der Waals surface area contributed by atoms with E-state index in [1.807, 2.05) is 0 Å². The second kappa shape index (κ2) is 5.35. The van der Waals surface area contributed by atoms with E-state index in [0.717, 1.165) is 38.3 Å². The van der Waals surface area contributed by atoms with Crippen LogP contribution in [0.5, 0.6) is 0 Å². The van der Waals surface area contributed by atoms with Crippen molar-refractivity contribution in [3.63, 3.8) is 0 Å². The molecule has 0 aromatic rings. The van der Waals surface area contributed by atoms with Crippen LogP contribution >= 0.6 is 0 Å². The van der Waals surface area contributed by atoms with Gasteiger partial charge in [0.1, 0.15) is 12.2 Å². The van der Waals surface area contributed by atoms with Crippen molar-refractivity contribution >= 4 is 0 Å². The van der Waals surface area contributed by atoms with Gasteiger partial charge in [-0.2, -0.15) is 0 Å². The Bertz CT molecular complexity index is 201. The van der Waals surface area contributed by atoms with Gasteiger partial charge in [0, 0.05) is 26.2 Å². The highest BCUT2D eigenvalue weighted by Gasteiger charge is 2.20. The minimum Gasteiger partial charge on any atom is -0.378 e. The Labute approximate surface area is 90.5 Å². The molecule has 3 nitrogen and oxygen atoms in total. The van der Waals surface area contributed by atoms with Crippen LogP contribution in [-0.4, -0.2) is 49.2 Å². The maximum Gasteiger partial charge on any atom is 0.133 e. The zero-order valence-electron chi connectivity index (χ0n) is 9.12. The van der Waals surface area contributed by atoms with Crippen LogP contribution in [0.2, 0.25) is 0 Å². The Morgan fingerprint density at radius 3 is 2.13 bits per heavy atom. The lowest BCUT2D eigenvalue weighted by atomic mass is 10.1. The SMILES string of the molecule is F/C=C(\N1CCCCC1)N1CCOCC1. The third kappa shape index (κ3) is 2.62. The lowest BCUT2D eigenvalue weighted by Gasteiger charge is -2.38. The van der Waals surface area contributed by atoms with Crippen molar-refractivity contribution in [1.82, 2.24) is 9.80 Å². The molecule has 0 amide bonds. The number of hydrogen-bond donors (Lipinski definition) is 0. The van der Waals surface area contributed by atoms with Gasteiger partial charge < -0.3 is 14.5 Å². The molecule has 0 unspecified atom stereocenters. The molecule has 0 radical (unpaired) electrons. The van der Waals surface area contributed by atoms with Gasteiger partial charge in [-0.15, -0.1) is 0 Å². The Kier molecular flexibility index (Phi) is 3.83. The quantitative estimate of drug-likeness (QED) is 0.694. The minimum atomic E-state index is 0.713. The molecule has 0 N–H and O–H groups in total. The Balaban J connectivity index is 1.95. The fourth-order valence-electron chi connectivity index (χ4n) is 2.25. The van der Waals surface area contributed by atoms with Crippen LogP contribution in [-0.2, 0) is 4.74 Å². The molecule has 15 heavy (non-hydrogen) atoms. The van der Waals surface area contributed by atoms with Crippen LogP contribution in [0, 0.1) is 0 Å². The van der Waals surface area contributed by atoms with E-state index in [1.54, 1.807) is 0 Å². The van der Waals surface area contributed by atoms with E-state index >= 15 is 0 Å². The fourth-order valence-corrected chi connectivity index (χ4v) is 2.25. The molecule has 2 fully saturated rings. The molecule has 2 aliphatic rings. The van der Waals surface area contributed by atoms with Gasteiger partial charge in [-0.05, 0) is 19.3 Å². The molecule has 0 atom stereocenters. The maximum atomic E-state index is 12.9. The summed E-state index contributed by atoms with van der Waals surface area (Å²) in [5, 5.41) is 0. The number of likely N-dealkylation sites (tertiary alicyclic amines) is 1. The van der Waals surface area contributed by atoms with Crippen molar-refractivity contribution in [3.05, 3.63) is 12.2 Å². The van der Waals surface area contributed by atoms with E-state index in [2.05, 4.69) is 9.80 Å². The van der Waals surface area contributed by atoms with Gasteiger partial charge in [0.2, 0.25) is 0 Å². The molecular weight excluding hydrogens is 195 g/mol. The normalized spacial score (nSPS) is 24.5. The van der Waals surface area contributed by atoms with Gasteiger partial charge in [-0.25, -0.2) is 4.39 Å². The van der Waals surface area contributed by atoms with Crippen LogP contribution in [0.25, 0.3) is 0 Å². The van der Waals surface area contributed by atoms with Gasteiger partial charge in [-0.3, -0.25) is 0 Å². The first kappa shape index (κ1) is 10.7. The molecule has 2 rings (SSSR count). The minimum absolute atomic E-state index is 0.713. The molecule has 0 spiro atoms. The Morgan fingerprint density at radius 2 is 1.53 bits per heavy atom.